The molecule has 0 radical (unpaired) electrons. The Kier molecular flexibility index (Phi) is 3.35. The highest BCUT2D eigenvalue weighted by Gasteiger charge is 2.33. The molecule has 2 fully saturated rings. The standard InChI is InChI=1S/C13H19N5O/c14-16-10-3-4-15-12(8-10)13(19)18-7-6-17-5-1-2-11(17)9-18/h3-4,8,11H,1-2,5-7,9,14H2,(H,15,16). The minimum absolute atomic E-state index is 0.00338. The molecule has 2 aliphatic heterocycles. The Morgan fingerprint density at radius 2 is 2.32 bits per heavy atom. The highest BCUT2D eigenvalue weighted by Crippen LogP contribution is 2.22. The summed E-state index contributed by atoms with van der Waals surface area (Å²) in [5.74, 6) is 5.36. The van der Waals surface area contributed by atoms with Gasteiger partial charge in [0.15, 0.2) is 0 Å². The Labute approximate surface area is 112 Å². The van der Waals surface area contributed by atoms with Crippen LogP contribution in [0, 0.1) is 0 Å². The van der Waals surface area contributed by atoms with Crippen LogP contribution in [0.25, 0.3) is 0 Å². The van der Waals surface area contributed by atoms with Crippen molar-refractivity contribution in [2.75, 3.05) is 31.6 Å². The summed E-state index contributed by atoms with van der Waals surface area (Å²) < 4.78 is 0. The summed E-state index contributed by atoms with van der Waals surface area (Å²) in [7, 11) is 0. The third-order valence-electron chi connectivity index (χ3n) is 4.02. The smallest absolute Gasteiger partial charge is 0.272 e. The molecule has 0 aromatic carbocycles. The van der Waals surface area contributed by atoms with Crippen molar-refractivity contribution in [2.24, 2.45) is 5.84 Å². The lowest BCUT2D eigenvalue weighted by atomic mass is 10.1. The van der Waals surface area contributed by atoms with Crippen molar-refractivity contribution in [2.45, 2.75) is 18.9 Å². The summed E-state index contributed by atoms with van der Waals surface area (Å²) in [6.45, 7) is 3.76. The number of nitrogen functional groups attached to an aromatic ring is 1. The number of nitrogens with one attached hydrogen (secondary N) is 1. The molecule has 3 heterocycles. The lowest BCUT2D eigenvalue weighted by molar-refractivity contribution is 0.0566. The van der Waals surface area contributed by atoms with Gasteiger partial charge in [0, 0.05) is 31.9 Å². The first-order chi connectivity index (χ1) is 9.28. The average molecular weight is 261 g/mol. The number of carbonyl (C=O) groups excluding carboxylic acids is 1. The minimum Gasteiger partial charge on any atom is -0.334 e. The van der Waals surface area contributed by atoms with Gasteiger partial charge in [0.1, 0.15) is 5.69 Å². The van der Waals surface area contributed by atoms with Gasteiger partial charge < -0.3 is 10.3 Å². The van der Waals surface area contributed by atoms with Crippen LogP contribution < -0.4 is 11.3 Å². The van der Waals surface area contributed by atoms with E-state index >= 15 is 0 Å². The largest absolute Gasteiger partial charge is 0.334 e. The van der Waals surface area contributed by atoms with Crippen molar-refractivity contribution in [1.82, 2.24) is 14.8 Å². The Morgan fingerprint density at radius 1 is 1.42 bits per heavy atom. The predicted molar refractivity (Wildman–Crippen MR) is 72.5 cm³/mol. The van der Waals surface area contributed by atoms with E-state index < -0.39 is 0 Å². The second-order valence-corrected chi connectivity index (χ2v) is 5.16. The normalized spacial score (nSPS) is 23.2. The molecule has 6 nitrogen and oxygen atoms in total. The van der Waals surface area contributed by atoms with E-state index in [0.717, 1.165) is 19.6 Å². The number of amides is 1. The topological polar surface area (TPSA) is 74.5 Å². The van der Waals surface area contributed by atoms with Gasteiger partial charge in [0.25, 0.3) is 5.91 Å². The van der Waals surface area contributed by atoms with Crippen LogP contribution in [0.2, 0.25) is 0 Å². The first-order valence-corrected chi connectivity index (χ1v) is 6.74. The van der Waals surface area contributed by atoms with Crippen LogP contribution >= 0.6 is 0 Å². The number of nitrogens with zero attached hydrogens (tertiary/aromatic N) is 3. The number of hydrazine groups is 1. The van der Waals surface area contributed by atoms with Crippen molar-refractivity contribution in [3.05, 3.63) is 24.0 Å². The van der Waals surface area contributed by atoms with Crippen LogP contribution in [-0.2, 0) is 0 Å². The van der Waals surface area contributed by atoms with Gasteiger partial charge in [0.05, 0.1) is 5.69 Å². The molecule has 0 bridgehead atoms. The molecule has 19 heavy (non-hydrogen) atoms. The molecule has 2 saturated heterocycles. The Morgan fingerprint density at radius 3 is 3.16 bits per heavy atom. The molecule has 102 valence electrons. The molecule has 1 aromatic heterocycles. The second-order valence-electron chi connectivity index (χ2n) is 5.16. The van der Waals surface area contributed by atoms with E-state index in [1.54, 1.807) is 18.3 Å². The van der Waals surface area contributed by atoms with E-state index in [1.165, 1.54) is 19.4 Å². The number of anilines is 1. The van der Waals surface area contributed by atoms with Gasteiger partial charge in [0.2, 0.25) is 0 Å². The molecular formula is C13H19N5O. The zero-order chi connectivity index (χ0) is 13.2. The zero-order valence-corrected chi connectivity index (χ0v) is 10.9. The third kappa shape index (κ3) is 2.41. The molecule has 2 aliphatic rings. The Balaban J connectivity index is 1.72. The van der Waals surface area contributed by atoms with Gasteiger partial charge in [-0.25, -0.2) is 0 Å². The monoisotopic (exact) mass is 261 g/mol. The highest BCUT2D eigenvalue weighted by atomic mass is 16.2. The van der Waals surface area contributed by atoms with Crippen LogP contribution in [0.1, 0.15) is 23.3 Å². The molecule has 0 saturated carbocycles. The molecule has 3 N–H and O–H groups in total. The molecule has 1 amide bonds. The summed E-state index contributed by atoms with van der Waals surface area (Å²) in [4.78, 5) is 21.0. The number of hydrogen-bond acceptors (Lipinski definition) is 5. The quantitative estimate of drug-likeness (QED) is 0.591. The number of fused-ring (bicyclic) bond motifs is 1. The molecule has 6 heteroatoms. The van der Waals surface area contributed by atoms with Gasteiger partial charge in [-0.2, -0.15) is 0 Å². The van der Waals surface area contributed by atoms with Crippen molar-refractivity contribution in [1.29, 1.82) is 0 Å². The second kappa shape index (κ2) is 5.14. The van der Waals surface area contributed by atoms with Crippen LogP contribution in [0.3, 0.4) is 0 Å². The fraction of sp³-hybridized carbons (Fsp3) is 0.538. The maximum atomic E-state index is 12.4. The number of carbonyl (C=O) groups is 1. The van der Waals surface area contributed by atoms with E-state index in [0.29, 0.717) is 17.4 Å². The predicted octanol–water partition coefficient (Wildman–Crippen LogP) is 0.287. The Bertz CT molecular complexity index is 478. The van der Waals surface area contributed by atoms with Gasteiger partial charge in [-0.1, -0.05) is 0 Å². The molecule has 1 unspecified atom stereocenters. The fourth-order valence-electron chi connectivity index (χ4n) is 2.97. The van der Waals surface area contributed by atoms with E-state index in [-0.39, 0.29) is 5.91 Å². The number of pyridine rings is 1. The van der Waals surface area contributed by atoms with Gasteiger partial charge in [-0.05, 0) is 31.5 Å². The molecule has 0 aliphatic carbocycles. The summed E-state index contributed by atoms with van der Waals surface area (Å²) in [6, 6.07) is 3.98. The maximum Gasteiger partial charge on any atom is 0.272 e. The van der Waals surface area contributed by atoms with Crippen molar-refractivity contribution >= 4 is 11.6 Å². The first kappa shape index (κ1) is 12.4. The molecule has 0 spiro atoms. The van der Waals surface area contributed by atoms with E-state index in [9.17, 15) is 4.79 Å². The van der Waals surface area contributed by atoms with Crippen LogP contribution in [0.15, 0.2) is 18.3 Å². The number of hydrogen-bond donors (Lipinski definition) is 2. The van der Waals surface area contributed by atoms with Crippen LogP contribution in [-0.4, -0.2) is 52.9 Å². The fourth-order valence-corrected chi connectivity index (χ4v) is 2.97. The van der Waals surface area contributed by atoms with Crippen molar-refractivity contribution in [3.8, 4) is 0 Å². The van der Waals surface area contributed by atoms with Crippen LogP contribution in [0.4, 0.5) is 5.69 Å². The lowest BCUT2D eigenvalue weighted by Gasteiger charge is -2.37. The summed E-state index contributed by atoms with van der Waals surface area (Å²) in [5, 5.41) is 0. The number of aromatic nitrogens is 1. The molecule has 1 aromatic rings. The van der Waals surface area contributed by atoms with Crippen molar-refractivity contribution < 1.29 is 4.79 Å². The molecular weight excluding hydrogens is 242 g/mol. The summed E-state index contributed by atoms with van der Waals surface area (Å²) in [5.41, 5.74) is 3.71. The number of piperazine rings is 1. The highest BCUT2D eigenvalue weighted by molar-refractivity contribution is 5.93. The van der Waals surface area contributed by atoms with Crippen LogP contribution in [0.5, 0.6) is 0 Å². The number of rotatable bonds is 2. The summed E-state index contributed by atoms with van der Waals surface area (Å²) in [6.07, 6.45) is 4.05. The van der Waals surface area contributed by atoms with Crippen molar-refractivity contribution in [3.63, 3.8) is 0 Å². The number of nitrogens with two attached hydrogens (primary N) is 1. The van der Waals surface area contributed by atoms with E-state index in [4.69, 9.17) is 5.84 Å². The zero-order valence-electron chi connectivity index (χ0n) is 10.9. The maximum absolute atomic E-state index is 12.4. The minimum atomic E-state index is 0.00338. The van der Waals surface area contributed by atoms with E-state index in [2.05, 4.69) is 15.3 Å². The Hall–Kier alpha value is -1.66. The lowest BCUT2D eigenvalue weighted by Crippen LogP contribution is -2.52. The third-order valence-corrected chi connectivity index (χ3v) is 4.02. The van der Waals surface area contributed by atoms with Gasteiger partial charge in [-0.15, -0.1) is 0 Å². The first-order valence-electron chi connectivity index (χ1n) is 6.74. The molecule has 1 atom stereocenters. The van der Waals surface area contributed by atoms with Gasteiger partial charge in [-0.3, -0.25) is 20.5 Å². The summed E-state index contributed by atoms with van der Waals surface area (Å²) >= 11 is 0. The molecule has 3 rings (SSSR count). The average Bonchev–Trinajstić information content (AvgIpc) is 2.94. The van der Waals surface area contributed by atoms with E-state index in [1.807, 2.05) is 4.90 Å². The van der Waals surface area contributed by atoms with Gasteiger partial charge >= 0.3 is 0 Å². The SMILES string of the molecule is NNc1ccnc(C(=O)N2CCN3CCCC3C2)c1.